The van der Waals surface area contributed by atoms with Crippen molar-refractivity contribution in [1.82, 2.24) is 19.5 Å². The lowest BCUT2D eigenvalue weighted by molar-refractivity contribution is -0.0534. The zero-order valence-corrected chi connectivity index (χ0v) is 24.0. The maximum Gasteiger partial charge on any atom is 0.388 e. The summed E-state index contributed by atoms with van der Waals surface area (Å²) in [5.74, 6) is -0.0670. The number of hydrogen-bond donors (Lipinski definition) is 2. The Labute approximate surface area is 246 Å². The molecule has 43 heavy (non-hydrogen) atoms. The van der Waals surface area contributed by atoms with Crippen LogP contribution in [0.25, 0.3) is 28.0 Å². The molecule has 0 bridgehead atoms. The molecule has 5 rings (SSSR count). The molecule has 5 aromatic rings. The van der Waals surface area contributed by atoms with Gasteiger partial charge in [-0.1, -0.05) is 36.4 Å². The van der Waals surface area contributed by atoms with Crippen LogP contribution in [-0.2, 0) is 17.9 Å². The molecule has 2 aromatic carbocycles. The molecule has 3 heterocycles. The minimum Gasteiger partial charge on any atom is -0.489 e. The number of methoxy groups -OCH3 is 1. The first-order valence-electron chi connectivity index (χ1n) is 13.3. The van der Waals surface area contributed by atoms with E-state index in [1.165, 1.54) is 13.3 Å². The van der Waals surface area contributed by atoms with Gasteiger partial charge < -0.3 is 25.7 Å². The van der Waals surface area contributed by atoms with E-state index < -0.39 is 12.6 Å². The Morgan fingerprint density at radius 2 is 1.79 bits per heavy atom. The van der Waals surface area contributed by atoms with Gasteiger partial charge in [-0.15, -0.1) is 0 Å². The number of anilines is 1. The number of halogens is 2. The van der Waals surface area contributed by atoms with Crippen molar-refractivity contribution in [1.29, 1.82) is 0 Å². The minimum atomic E-state index is -3.12. The van der Waals surface area contributed by atoms with Gasteiger partial charge >= 0.3 is 12.6 Å². The maximum atomic E-state index is 13.3. The number of hydrogen-bond acceptors (Lipinski definition) is 9. The van der Waals surface area contributed by atoms with Crippen LogP contribution in [0, 0.1) is 20.8 Å². The molecule has 0 atom stereocenters. The first-order valence-corrected chi connectivity index (χ1v) is 13.3. The van der Waals surface area contributed by atoms with E-state index >= 15 is 0 Å². The number of pyridine rings is 1. The predicted molar refractivity (Wildman–Crippen MR) is 157 cm³/mol. The summed E-state index contributed by atoms with van der Waals surface area (Å²) in [6.07, 6.45) is 1.30. The van der Waals surface area contributed by atoms with Crippen molar-refractivity contribution >= 4 is 22.8 Å². The summed E-state index contributed by atoms with van der Waals surface area (Å²) in [5.41, 5.74) is 17.0. The van der Waals surface area contributed by atoms with E-state index in [2.05, 4.69) is 14.7 Å². The fourth-order valence-corrected chi connectivity index (χ4v) is 5.16. The summed E-state index contributed by atoms with van der Waals surface area (Å²) >= 11 is 0. The number of nitrogen functional groups attached to an aromatic ring is 1. The van der Waals surface area contributed by atoms with Gasteiger partial charge in [-0.05, 0) is 44.0 Å². The number of nitrogens with two attached hydrogens (primary N) is 2. The monoisotopic (exact) mass is 588 g/mol. The van der Waals surface area contributed by atoms with Crippen molar-refractivity contribution in [2.45, 2.75) is 40.5 Å². The van der Waals surface area contributed by atoms with Gasteiger partial charge in [-0.3, -0.25) is 4.57 Å². The van der Waals surface area contributed by atoms with Gasteiger partial charge in [0, 0.05) is 29.4 Å². The molecule has 0 aliphatic heterocycles. The number of carbonyl (C=O) groups excluding carboxylic acids is 1. The van der Waals surface area contributed by atoms with E-state index in [-0.39, 0.29) is 40.4 Å². The lowest BCUT2D eigenvalue weighted by Gasteiger charge is -2.18. The van der Waals surface area contributed by atoms with E-state index in [0.29, 0.717) is 35.1 Å². The van der Waals surface area contributed by atoms with Gasteiger partial charge in [-0.25, -0.2) is 19.7 Å². The standard InChI is InChI=1S/C31H30F2N6O4/c1-16-10-11-22(42-15-19-8-6-5-7-9-19)17(2)26(16)39-27(35)24(30(40)41-4)23-25(37-18(3)38-28(23)39)20-12-13-36-29(21(20)14-34)43-31(32)33/h5-13,31H,14-15,34-35H2,1-4H3. The number of carbonyl (C=O) groups is 1. The van der Waals surface area contributed by atoms with Crippen LogP contribution in [0.5, 0.6) is 11.6 Å². The van der Waals surface area contributed by atoms with E-state index in [1.54, 1.807) is 17.6 Å². The van der Waals surface area contributed by atoms with Crippen LogP contribution in [-0.4, -0.2) is 39.2 Å². The van der Waals surface area contributed by atoms with Crippen molar-refractivity contribution in [3.8, 4) is 28.6 Å². The van der Waals surface area contributed by atoms with Crippen LogP contribution in [0.3, 0.4) is 0 Å². The number of ether oxygens (including phenoxy) is 3. The molecule has 0 spiro atoms. The highest BCUT2D eigenvalue weighted by atomic mass is 19.3. The van der Waals surface area contributed by atoms with Crippen molar-refractivity contribution in [2.24, 2.45) is 5.73 Å². The molecule has 12 heteroatoms. The van der Waals surface area contributed by atoms with E-state index in [4.69, 9.17) is 25.9 Å². The Morgan fingerprint density at radius 3 is 2.47 bits per heavy atom. The number of benzene rings is 2. The Bertz CT molecular complexity index is 1830. The van der Waals surface area contributed by atoms with Gasteiger partial charge in [-0.2, -0.15) is 8.78 Å². The molecule has 4 N–H and O–H groups in total. The van der Waals surface area contributed by atoms with E-state index in [1.807, 2.05) is 56.3 Å². The number of fused-ring (bicyclic) bond motifs is 1. The largest absolute Gasteiger partial charge is 0.489 e. The molecule has 222 valence electrons. The van der Waals surface area contributed by atoms with Gasteiger partial charge in [0.1, 0.15) is 29.6 Å². The lowest BCUT2D eigenvalue weighted by Crippen LogP contribution is -2.11. The minimum absolute atomic E-state index is 0.0121. The lowest BCUT2D eigenvalue weighted by atomic mass is 10.0. The van der Waals surface area contributed by atoms with Crippen LogP contribution in [0.4, 0.5) is 14.6 Å². The summed E-state index contributed by atoms with van der Waals surface area (Å²) in [4.78, 5) is 26.5. The molecule has 10 nitrogen and oxygen atoms in total. The predicted octanol–water partition coefficient (Wildman–Crippen LogP) is 5.42. The molecule has 0 saturated heterocycles. The third-order valence-corrected chi connectivity index (χ3v) is 7.07. The summed E-state index contributed by atoms with van der Waals surface area (Å²) in [7, 11) is 1.24. The van der Waals surface area contributed by atoms with Crippen molar-refractivity contribution in [2.75, 3.05) is 12.8 Å². The van der Waals surface area contributed by atoms with Gasteiger partial charge in [0.25, 0.3) is 0 Å². The highest BCUT2D eigenvalue weighted by Gasteiger charge is 2.30. The Balaban J connectivity index is 1.79. The Kier molecular flexibility index (Phi) is 8.22. The maximum absolute atomic E-state index is 13.3. The zero-order chi connectivity index (χ0) is 30.8. The zero-order valence-electron chi connectivity index (χ0n) is 24.0. The van der Waals surface area contributed by atoms with Crippen LogP contribution >= 0.6 is 0 Å². The smallest absolute Gasteiger partial charge is 0.388 e. The highest BCUT2D eigenvalue weighted by molar-refractivity contribution is 6.13. The normalized spacial score (nSPS) is 11.3. The topological polar surface area (TPSA) is 140 Å². The third kappa shape index (κ3) is 5.44. The number of aromatic nitrogens is 4. The summed E-state index contributed by atoms with van der Waals surface area (Å²) in [6.45, 7) is 2.50. The Hall–Kier alpha value is -5.10. The van der Waals surface area contributed by atoms with E-state index in [9.17, 15) is 13.6 Å². The summed E-state index contributed by atoms with van der Waals surface area (Å²) in [6, 6.07) is 15.1. The summed E-state index contributed by atoms with van der Waals surface area (Å²) in [5, 5.41) is 0.258. The molecular formula is C31H30F2N6O4. The van der Waals surface area contributed by atoms with Gasteiger partial charge in [0.05, 0.1) is 23.9 Å². The van der Waals surface area contributed by atoms with Crippen LogP contribution in [0.15, 0.2) is 54.7 Å². The number of aryl methyl sites for hydroxylation is 2. The number of esters is 1. The highest BCUT2D eigenvalue weighted by Crippen LogP contribution is 2.41. The van der Waals surface area contributed by atoms with Crippen molar-refractivity contribution in [3.63, 3.8) is 0 Å². The molecule has 3 aromatic heterocycles. The molecule has 0 fully saturated rings. The van der Waals surface area contributed by atoms with Crippen molar-refractivity contribution < 1.29 is 27.8 Å². The SMILES string of the molecule is COC(=O)c1c(N)n(-c2c(C)ccc(OCc3ccccc3)c2C)c2nc(C)nc(-c3ccnc(OC(F)F)c3CN)c12. The first-order chi connectivity index (χ1) is 20.7. The number of nitrogens with zero attached hydrogens (tertiary/aromatic N) is 4. The molecule has 0 saturated carbocycles. The van der Waals surface area contributed by atoms with Crippen LogP contribution in [0.1, 0.15) is 38.4 Å². The first kappa shape index (κ1) is 29.4. The fourth-order valence-electron chi connectivity index (χ4n) is 5.16. The third-order valence-electron chi connectivity index (χ3n) is 7.07. The molecular weight excluding hydrogens is 558 g/mol. The second-order valence-corrected chi connectivity index (χ2v) is 9.76. The van der Waals surface area contributed by atoms with Crippen molar-refractivity contribution in [3.05, 3.63) is 88.4 Å². The number of rotatable bonds is 9. The quantitative estimate of drug-likeness (QED) is 0.216. The molecule has 0 unspecified atom stereocenters. The van der Waals surface area contributed by atoms with Gasteiger partial charge in [0.2, 0.25) is 5.88 Å². The number of alkyl halides is 2. The molecule has 0 aliphatic rings. The molecule has 0 radical (unpaired) electrons. The second-order valence-electron chi connectivity index (χ2n) is 9.76. The molecule has 0 aliphatic carbocycles. The van der Waals surface area contributed by atoms with E-state index in [0.717, 1.165) is 16.7 Å². The van der Waals surface area contributed by atoms with Gasteiger partial charge in [0.15, 0.2) is 5.65 Å². The van der Waals surface area contributed by atoms with Crippen LogP contribution < -0.4 is 20.9 Å². The summed E-state index contributed by atoms with van der Waals surface area (Å²) < 4.78 is 44.0. The van der Waals surface area contributed by atoms with Crippen LogP contribution in [0.2, 0.25) is 0 Å². The molecule has 0 amide bonds. The average molecular weight is 589 g/mol. The fraction of sp³-hybridized carbons (Fsp3) is 0.226. The Morgan fingerprint density at radius 1 is 1.05 bits per heavy atom. The average Bonchev–Trinajstić information content (AvgIpc) is 3.27. The second kappa shape index (κ2) is 12.0.